The third-order valence-electron chi connectivity index (χ3n) is 4.39. The number of hydrogen-bond acceptors (Lipinski definition) is 3. The number of halogens is 3. The fourth-order valence-corrected chi connectivity index (χ4v) is 4.92. The van der Waals surface area contributed by atoms with Crippen LogP contribution in [0.1, 0.15) is 12.8 Å². The summed E-state index contributed by atoms with van der Waals surface area (Å²) in [5.41, 5.74) is 0.374. The molecule has 0 radical (unpaired) electrons. The molecule has 5 nitrogen and oxygen atoms in total. The maximum absolute atomic E-state index is 13.2. The van der Waals surface area contributed by atoms with E-state index in [4.69, 9.17) is 11.6 Å². The summed E-state index contributed by atoms with van der Waals surface area (Å²) in [6.07, 6.45) is 1.16. The Labute approximate surface area is 170 Å². The minimum atomic E-state index is -3.67. The van der Waals surface area contributed by atoms with Crippen LogP contribution in [0.2, 0.25) is 5.02 Å². The van der Waals surface area contributed by atoms with Crippen LogP contribution in [-0.4, -0.2) is 31.7 Å². The molecule has 1 saturated heterocycles. The van der Waals surface area contributed by atoms with Gasteiger partial charge in [0.25, 0.3) is 0 Å². The Balaban J connectivity index is 1.72. The fourth-order valence-electron chi connectivity index (χ4n) is 2.95. The van der Waals surface area contributed by atoms with E-state index in [1.54, 1.807) is 12.1 Å². The highest BCUT2D eigenvalue weighted by molar-refractivity contribution is 9.10. The normalized spacial score (nSPS) is 18.3. The molecule has 1 amide bonds. The fraction of sp³-hybridized carbons (Fsp3) is 0.278. The molecule has 0 aliphatic carbocycles. The predicted octanol–water partition coefficient (Wildman–Crippen LogP) is 4.28. The van der Waals surface area contributed by atoms with Crippen LogP contribution < -0.4 is 5.32 Å². The van der Waals surface area contributed by atoms with Crippen molar-refractivity contribution in [2.45, 2.75) is 17.7 Å². The second-order valence-electron chi connectivity index (χ2n) is 6.27. The van der Waals surface area contributed by atoms with E-state index in [2.05, 4.69) is 21.2 Å². The summed E-state index contributed by atoms with van der Waals surface area (Å²) in [5, 5.41) is 2.59. The summed E-state index contributed by atoms with van der Waals surface area (Å²) in [4.78, 5) is 12.7. The number of rotatable bonds is 4. The van der Waals surface area contributed by atoms with Gasteiger partial charge in [0.15, 0.2) is 0 Å². The molecule has 3 rings (SSSR count). The minimum absolute atomic E-state index is 0.0871. The van der Waals surface area contributed by atoms with Gasteiger partial charge in [-0.2, -0.15) is 4.31 Å². The Hall–Kier alpha value is -1.48. The van der Waals surface area contributed by atoms with E-state index in [1.165, 1.54) is 34.6 Å². The number of benzene rings is 2. The number of carbonyl (C=O) groups is 1. The van der Waals surface area contributed by atoms with Crippen molar-refractivity contribution in [1.29, 1.82) is 0 Å². The molecule has 144 valence electrons. The van der Waals surface area contributed by atoms with Crippen LogP contribution >= 0.6 is 27.5 Å². The van der Waals surface area contributed by atoms with E-state index < -0.39 is 21.8 Å². The molecular formula is C18H17BrClFN2O3S. The van der Waals surface area contributed by atoms with E-state index >= 15 is 0 Å². The van der Waals surface area contributed by atoms with E-state index in [0.29, 0.717) is 25.1 Å². The highest BCUT2D eigenvalue weighted by atomic mass is 79.9. The van der Waals surface area contributed by atoms with Crippen molar-refractivity contribution < 1.29 is 17.6 Å². The molecule has 1 atom stereocenters. The molecule has 0 unspecified atom stereocenters. The molecule has 0 aromatic heterocycles. The zero-order valence-corrected chi connectivity index (χ0v) is 17.3. The van der Waals surface area contributed by atoms with Gasteiger partial charge in [0.2, 0.25) is 15.9 Å². The SMILES string of the molecule is O=C(Nc1ccc(F)c(Cl)c1)[C@@H]1CCCN(S(=O)(=O)c2ccc(Br)cc2)C1. The van der Waals surface area contributed by atoms with E-state index in [0.717, 1.165) is 4.47 Å². The van der Waals surface area contributed by atoms with Gasteiger partial charge in [-0.25, -0.2) is 12.8 Å². The highest BCUT2D eigenvalue weighted by Crippen LogP contribution is 2.26. The van der Waals surface area contributed by atoms with Gasteiger partial charge in [-0.15, -0.1) is 0 Å². The van der Waals surface area contributed by atoms with E-state index in [9.17, 15) is 17.6 Å². The quantitative estimate of drug-likeness (QED) is 0.718. The maximum atomic E-state index is 13.2. The Kier molecular flexibility index (Phi) is 6.20. The van der Waals surface area contributed by atoms with Crippen molar-refractivity contribution in [3.8, 4) is 0 Å². The number of piperidine rings is 1. The largest absolute Gasteiger partial charge is 0.326 e. The molecule has 0 saturated carbocycles. The zero-order chi connectivity index (χ0) is 19.6. The van der Waals surface area contributed by atoms with Gasteiger partial charge in [-0.05, 0) is 55.3 Å². The molecular weight excluding hydrogens is 459 g/mol. The van der Waals surface area contributed by atoms with Crippen molar-refractivity contribution in [2.24, 2.45) is 5.92 Å². The maximum Gasteiger partial charge on any atom is 0.243 e. The van der Waals surface area contributed by atoms with Crippen LogP contribution in [0.25, 0.3) is 0 Å². The first-order valence-corrected chi connectivity index (χ1v) is 10.9. The lowest BCUT2D eigenvalue weighted by molar-refractivity contribution is -0.120. The smallest absolute Gasteiger partial charge is 0.243 e. The van der Waals surface area contributed by atoms with Gasteiger partial charge in [-0.3, -0.25) is 4.79 Å². The lowest BCUT2D eigenvalue weighted by Crippen LogP contribution is -2.43. The topological polar surface area (TPSA) is 66.5 Å². The van der Waals surface area contributed by atoms with Gasteiger partial charge < -0.3 is 5.32 Å². The number of nitrogens with one attached hydrogen (secondary N) is 1. The first kappa shape index (κ1) is 20.3. The number of amides is 1. The average molecular weight is 476 g/mol. The molecule has 27 heavy (non-hydrogen) atoms. The zero-order valence-electron chi connectivity index (χ0n) is 14.2. The molecule has 2 aromatic carbocycles. The first-order chi connectivity index (χ1) is 12.8. The molecule has 1 aliphatic heterocycles. The molecule has 1 aliphatic rings. The van der Waals surface area contributed by atoms with Crippen LogP contribution in [0.4, 0.5) is 10.1 Å². The summed E-state index contributed by atoms with van der Waals surface area (Å²) < 4.78 is 41.0. The van der Waals surface area contributed by atoms with Crippen molar-refractivity contribution in [3.05, 3.63) is 57.8 Å². The minimum Gasteiger partial charge on any atom is -0.326 e. The molecule has 1 fully saturated rings. The lowest BCUT2D eigenvalue weighted by Gasteiger charge is -2.31. The number of carbonyl (C=O) groups excluding carboxylic acids is 1. The Morgan fingerprint density at radius 3 is 2.59 bits per heavy atom. The molecule has 0 spiro atoms. The van der Waals surface area contributed by atoms with E-state index in [-0.39, 0.29) is 22.4 Å². The molecule has 1 heterocycles. The van der Waals surface area contributed by atoms with Crippen molar-refractivity contribution in [1.82, 2.24) is 4.31 Å². The molecule has 0 bridgehead atoms. The van der Waals surface area contributed by atoms with Crippen molar-refractivity contribution in [2.75, 3.05) is 18.4 Å². The number of hydrogen-bond donors (Lipinski definition) is 1. The standard InChI is InChI=1S/C18H17BrClFN2O3S/c19-13-3-6-15(7-4-13)27(25,26)23-9-1-2-12(11-23)18(24)22-14-5-8-17(21)16(20)10-14/h3-8,10,12H,1-2,9,11H2,(H,22,24)/t12-/m1/s1. The van der Waals surface area contributed by atoms with Gasteiger partial charge in [0, 0.05) is 23.2 Å². The summed E-state index contributed by atoms with van der Waals surface area (Å²) >= 11 is 9.01. The van der Waals surface area contributed by atoms with Gasteiger partial charge in [0.05, 0.1) is 15.8 Å². The summed E-state index contributed by atoms with van der Waals surface area (Å²) in [7, 11) is -3.67. The summed E-state index contributed by atoms with van der Waals surface area (Å²) in [6.45, 7) is 0.462. The molecule has 9 heteroatoms. The molecule has 1 N–H and O–H groups in total. The first-order valence-electron chi connectivity index (χ1n) is 8.29. The van der Waals surface area contributed by atoms with Crippen LogP contribution in [0.15, 0.2) is 51.8 Å². The summed E-state index contributed by atoms with van der Waals surface area (Å²) in [6, 6.07) is 10.3. The predicted molar refractivity (Wildman–Crippen MR) is 106 cm³/mol. The monoisotopic (exact) mass is 474 g/mol. The van der Waals surface area contributed by atoms with Gasteiger partial charge in [-0.1, -0.05) is 27.5 Å². The van der Waals surface area contributed by atoms with E-state index in [1.807, 2.05) is 0 Å². The second-order valence-corrected chi connectivity index (χ2v) is 9.54. The number of nitrogens with zero attached hydrogens (tertiary/aromatic N) is 1. The Bertz CT molecular complexity index is 954. The Morgan fingerprint density at radius 1 is 1.22 bits per heavy atom. The third-order valence-corrected chi connectivity index (χ3v) is 7.09. The van der Waals surface area contributed by atoms with Crippen molar-refractivity contribution >= 4 is 49.1 Å². The number of anilines is 1. The third kappa shape index (κ3) is 4.68. The highest BCUT2D eigenvalue weighted by Gasteiger charge is 2.33. The van der Waals surface area contributed by atoms with Crippen LogP contribution in [-0.2, 0) is 14.8 Å². The van der Waals surface area contributed by atoms with Crippen LogP contribution in [0, 0.1) is 11.7 Å². The average Bonchev–Trinajstić information content (AvgIpc) is 2.65. The van der Waals surface area contributed by atoms with Gasteiger partial charge >= 0.3 is 0 Å². The number of sulfonamides is 1. The Morgan fingerprint density at radius 2 is 1.93 bits per heavy atom. The second kappa shape index (κ2) is 8.26. The summed E-state index contributed by atoms with van der Waals surface area (Å²) in [5.74, 6) is -1.37. The molecule has 2 aromatic rings. The van der Waals surface area contributed by atoms with Gasteiger partial charge in [0.1, 0.15) is 5.82 Å². The van der Waals surface area contributed by atoms with Crippen LogP contribution in [0.3, 0.4) is 0 Å². The lowest BCUT2D eigenvalue weighted by atomic mass is 9.99. The van der Waals surface area contributed by atoms with Crippen molar-refractivity contribution in [3.63, 3.8) is 0 Å². The van der Waals surface area contributed by atoms with Crippen LogP contribution in [0.5, 0.6) is 0 Å².